The third kappa shape index (κ3) is 5.20. The number of amides is 1. The molecule has 2 saturated heterocycles. The lowest BCUT2D eigenvalue weighted by atomic mass is 9.78. The van der Waals surface area contributed by atoms with Crippen molar-refractivity contribution < 1.29 is 9.53 Å². The van der Waals surface area contributed by atoms with Crippen molar-refractivity contribution in [2.24, 2.45) is 11.3 Å². The molecule has 1 amide bonds. The fourth-order valence-corrected chi connectivity index (χ4v) is 3.74. The molecule has 0 radical (unpaired) electrons. The molecule has 2 aliphatic heterocycles. The Morgan fingerprint density at radius 1 is 1.13 bits per heavy atom. The summed E-state index contributed by atoms with van der Waals surface area (Å²) in [5.41, 5.74) is -0.279. The molecule has 1 aliphatic carbocycles. The number of carbonyl (C=O) groups excluding carboxylic acids is 1. The molecule has 7 heteroatoms. The first kappa shape index (κ1) is 21.0. The Hall–Kier alpha value is -0.0700. The van der Waals surface area contributed by atoms with E-state index in [9.17, 15) is 4.79 Å². The van der Waals surface area contributed by atoms with Gasteiger partial charge in [-0.15, -0.1) is 24.8 Å². The van der Waals surface area contributed by atoms with E-state index in [0.717, 1.165) is 58.0 Å². The standard InChI is InChI=1S/C16H29N3O2.2ClH/c1-21-13-16(4-6-17-7-5-16)15(20)19-10-8-18(9-11-19)12-14-2-3-14;;/h14,17H,2-13H2,1H3;2*1H. The molecule has 3 fully saturated rings. The molecule has 0 aromatic heterocycles. The molecule has 5 nitrogen and oxygen atoms in total. The molecule has 1 saturated carbocycles. The van der Waals surface area contributed by atoms with Gasteiger partial charge in [-0.1, -0.05) is 0 Å². The number of methoxy groups -OCH3 is 1. The average molecular weight is 368 g/mol. The van der Waals surface area contributed by atoms with Gasteiger partial charge >= 0.3 is 0 Å². The van der Waals surface area contributed by atoms with Crippen LogP contribution in [0.5, 0.6) is 0 Å². The van der Waals surface area contributed by atoms with Crippen LogP contribution in [0.1, 0.15) is 25.7 Å². The number of ether oxygens (including phenoxy) is 1. The van der Waals surface area contributed by atoms with Gasteiger partial charge in [-0.2, -0.15) is 0 Å². The second-order valence-corrected chi connectivity index (χ2v) is 7.00. The topological polar surface area (TPSA) is 44.8 Å². The number of piperazine rings is 1. The number of hydrogen-bond donors (Lipinski definition) is 1. The van der Waals surface area contributed by atoms with Crippen LogP contribution in [0.25, 0.3) is 0 Å². The minimum absolute atomic E-state index is 0. The fourth-order valence-electron chi connectivity index (χ4n) is 3.74. The van der Waals surface area contributed by atoms with Gasteiger partial charge in [0.25, 0.3) is 0 Å². The van der Waals surface area contributed by atoms with Crippen molar-refractivity contribution in [3.8, 4) is 0 Å². The monoisotopic (exact) mass is 367 g/mol. The molecule has 3 rings (SSSR count). The third-order valence-electron chi connectivity index (χ3n) is 5.31. The predicted octanol–water partition coefficient (Wildman–Crippen LogP) is 1.40. The second-order valence-electron chi connectivity index (χ2n) is 7.00. The zero-order valence-corrected chi connectivity index (χ0v) is 15.7. The first-order chi connectivity index (χ1) is 10.2. The maximum absolute atomic E-state index is 13.0. The molecule has 0 spiro atoms. The molecule has 3 aliphatic rings. The van der Waals surface area contributed by atoms with E-state index in [4.69, 9.17) is 4.74 Å². The van der Waals surface area contributed by atoms with E-state index in [1.165, 1.54) is 19.4 Å². The van der Waals surface area contributed by atoms with Crippen LogP contribution in [0.3, 0.4) is 0 Å². The first-order valence-corrected chi connectivity index (χ1v) is 8.45. The highest BCUT2D eigenvalue weighted by Gasteiger charge is 2.42. The summed E-state index contributed by atoms with van der Waals surface area (Å²) in [6.45, 7) is 7.54. The molecular formula is C16H31Cl2N3O2. The van der Waals surface area contributed by atoms with Crippen molar-refractivity contribution in [3.63, 3.8) is 0 Å². The summed E-state index contributed by atoms with van der Waals surface area (Å²) < 4.78 is 5.39. The van der Waals surface area contributed by atoms with E-state index in [1.807, 2.05) is 0 Å². The van der Waals surface area contributed by atoms with Gasteiger partial charge in [0.2, 0.25) is 5.91 Å². The largest absolute Gasteiger partial charge is 0.384 e. The quantitative estimate of drug-likeness (QED) is 0.797. The normalized spacial score (nSPS) is 24.5. The van der Waals surface area contributed by atoms with Gasteiger partial charge in [0, 0.05) is 39.8 Å². The number of carbonyl (C=O) groups is 1. The number of nitrogens with zero attached hydrogens (tertiary/aromatic N) is 2. The Kier molecular flexibility index (Phi) is 8.59. The van der Waals surface area contributed by atoms with Crippen LogP contribution >= 0.6 is 24.8 Å². The molecule has 0 aromatic rings. The van der Waals surface area contributed by atoms with Crippen LogP contribution in [0.15, 0.2) is 0 Å². The van der Waals surface area contributed by atoms with E-state index in [-0.39, 0.29) is 30.2 Å². The van der Waals surface area contributed by atoms with Crippen LogP contribution in [0.2, 0.25) is 0 Å². The summed E-state index contributed by atoms with van der Waals surface area (Å²) in [6.07, 6.45) is 4.62. The Bertz CT molecular complexity index is 361. The number of hydrogen-bond acceptors (Lipinski definition) is 4. The van der Waals surface area contributed by atoms with Gasteiger partial charge in [-0.3, -0.25) is 9.69 Å². The smallest absolute Gasteiger partial charge is 0.231 e. The molecule has 23 heavy (non-hydrogen) atoms. The van der Waals surface area contributed by atoms with E-state index in [2.05, 4.69) is 15.1 Å². The minimum Gasteiger partial charge on any atom is -0.384 e. The second kappa shape index (κ2) is 9.42. The molecule has 0 bridgehead atoms. The van der Waals surface area contributed by atoms with Crippen molar-refractivity contribution in [1.29, 1.82) is 0 Å². The Morgan fingerprint density at radius 3 is 2.26 bits per heavy atom. The summed E-state index contributed by atoms with van der Waals surface area (Å²) in [5.74, 6) is 1.27. The molecule has 0 atom stereocenters. The van der Waals surface area contributed by atoms with Gasteiger partial charge in [-0.05, 0) is 44.7 Å². The lowest BCUT2D eigenvalue weighted by molar-refractivity contribution is -0.149. The first-order valence-electron chi connectivity index (χ1n) is 8.45. The SMILES string of the molecule is COCC1(C(=O)N2CCN(CC3CC3)CC2)CCNCC1.Cl.Cl. The third-order valence-corrected chi connectivity index (χ3v) is 5.31. The zero-order valence-electron chi connectivity index (χ0n) is 14.1. The molecule has 136 valence electrons. The molecular weight excluding hydrogens is 337 g/mol. The van der Waals surface area contributed by atoms with Crippen LogP contribution in [0.4, 0.5) is 0 Å². The lowest BCUT2D eigenvalue weighted by Crippen LogP contribution is -2.56. The van der Waals surface area contributed by atoms with Gasteiger partial charge in [0.05, 0.1) is 12.0 Å². The van der Waals surface area contributed by atoms with Crippen molar-refractivity contribution >= 4 is 30.7 Å². The van der Waals surface area contributed by atoms with Gasteiger partial charge in [0.1, 0.15) is 0 Å². The number of rotatable bonds is 5. The summed E-state index contributed by atoms with van der Waals surface area (Å²) in [6, 6.07) is 0. The molecule has 1 N–H and O–H groups in total. The fraction of sp³-hybridized carbons (Fsp3) is 0.938. The number of piperidine rings is 1. The van der Waals surface area contributed by atoms with Crippen molar-refractivity contribution in [3.05, 3.63) is 0 Å². The van der Waals surface area contributed by atoms with E-state index < -0.39 is 0 Å². The Balaban J connectivity index is 0.00000132. The summed E-state index contributed by atoms with van der Waals surface area (Å²) in [7, 11) is 1.71. The van der Waals surface area contributed by atoms with E-state index in [1.54, 1.807) is 7.11 Å². The van der Waals surface area contributed by atoms with Crippen molar-refractivity contribution in [1.82, 2.24) is 15.1 Å². The van der Waals surface area contributed by atoms with Gasteiger partial charge in [-0.25, -0.2) is 0 Å². The highest BCUT2D eigenvalue weighted by Crippen LogP contribution is 2.33. The van der Waals surface area contributed by atoms with Crippen LogP contribution in [0, 0.1) is 11.3 Å². The Labute approximate surface area is 152 Å². The minimum atomic E-state index is -0.279. The zero-order chi connectivity index (χ0) is 14.7. The number of halogens is 2. The van der Waals surface area contributed by atoms with E-state index >= 15 is 0 Å². The number of nitrogens with one attached hydrogen (secondary N) is 1. The molecule has 0 unspecified atom stereocenters. The maximum Gasteiger partial charge on any atom is 0.231 e. The summed E-state index contributed by atoms with van der Waals surface area (Å²) >= 11 is 0. The predicted molar refractivity (Wildman–Crippen MR) is 96.7 cm³/mol. The van der Waals surface area contributed by atoms with Crippen molar-refractivity contribution in [2.45, 2.75) is 25.7 Å². The highest BCUT2D eigenvalue weighted by atomic mass is 35.5. The summed E-state index contributed by atoms with van der Waals surface area (Å²) in [4.78, 5) is 17.6. The molecule has 0 aromatic carbocycles. The van der Waals surface area contributed by atoms with Crippen LogP contribution in [-0.4, -0.2) is 75.2 Å². The van der Waals surface area contributed by atoms with Crippen molar-refractivity contribution in [2.75, 3.05) is 59.5 Å². The Morgan fingerprint density at radius 2 is 1.74 bits per heavy atom. The molecule has 2 heterocycles. The average Bonchev–Trinajstić information content (AvgIpc) is 3.33. The highest BCUT2D eigenvalue weighted by molar-refractivity contribution is 5.85. The maximum atomic E-state index is 13.0. The van der Waals surface area contributed by atoms with Gasteiger partial charge < -0.3 is 15.0 Å². The van der Waals surface area contributed by atoms with Crippen LogP contribution in [-0.2, 0) is 9.53 Å². The lowest BCUT2D eigenvalue weighted by Gasteiger charge is -2.42. The van der Waals surface area contributed by atoms with E-state index in [0.29, 0.717) is 12.5 Å². The van der Waals surface area contributed by atoms with Crippen LogP contribution < -0.4 is 5.32 Å². The summed E-state index contributed by atoms with van der Waals surface area (Å²) in [5, 5.41) is 3.36. The van der Waals surface area contributed by atoms with Gasteiger partial charge in [0.15, 0.2) is 0 Å².